The first-order chi connectivity index (χ1) is 8.61. The summed E-state index contributed by atoms with van der Waals surface area (Å²) >= 11 is 0. The summed E-state index contributed by atoms with van der Waals surface area (Å²) in [7, 11) is 4.82. The average Bonchev–Trinajstić information content (AvgIpc) is 2.40. The van der Waals surface area contributed by atoms with Crippen LogP contribution in [0.5, 0.6) is 5.75 Å². The van der Waals surface area contributed by atoms with Gasteiger partial charge < -0.3 is 10.1 Å². The summed E-state index contributed by atoms with van der Waals surface area (Å²) in [5.74, 6) is 0.515. The van der Waals surface area contributed by atoms with E-state index < -0.39 is 0 Å². The second-order valence-electron chi connectivity index (χ2n) is 3.94. The molecule has 0 saturated carbocycles. The lowest BCUT2D eigenvalue weighted by atomic mass is 10.2. The van der Waals surface area contributed by atoms with Gasteiger partial charge in [-0.15, -0.1) is 0 Å². The summed E-state index contributed by atoms with van der Waals surface area (Å²) in [5.41, 5.74) is -0.171. The van der Waals surface area contributed by atoms with Crippen LogP contribution in [0.1, 0.15) is 0 Å². The Labute approximate surface area is 103 Å². The van der Waals surface area contributed by atoms with Crippen LogP contribution in [0.4, 0.5) is 0 Å². The van der Waals surface area contributed by atoms with E-state index in [0.717, 1.165) is 4.57 Å². The van der Waals surface area contributed by atoms with Gasteiger partial charge in [0.1, 0.15) is 11.3 Å². The Hall–Kier alpha value is -2.08. The standard InChI is InChI=1S/C12H15N3O3/c1-13-7-15-11(16)8-5-4-6-9(18-3)10(8)14(2)12(15)17/h4-6,13H,7H2,1-3H3. The first kappa shape index (κ1) is 12.4. The predicted octanol–water partition coefficient (Wildman–Crippen LogP) is -0.114. The van der Waals surface area contributed by atoms with Gasteiger partial charge in [-0.1, -0.05) is 6.07 Å². The summed E-state index contributed by atoms with van der Waals surface area (Å²) in [6.45, 7) is 0.179. The number of benzene rings is 1. The molecule has 1 heterocycles. The monoisotopic (exact) mass is 249 g/mol. The molecule has 6 nitrogen and oxygen atoms in total. The number of aromatic nitrogens is 2. The van der Waals surface area contributed by atoms with E-state index in [2.05, 4.69) is 5.32 Å². The highest BCUT2D eigenvalue weighted by Gasteiger charge is 2.13. The van der Waals surface area contributed by atoms with Crippen LogP contribution in [0.3, 0.4) is 0 Å². The highest BCUT2D eigenvalue weighted by molar-refractivity contribution is 5.84. The van der Waals surface area contributed by atoms with Crippen LogP contribution >= 0.6 is 0 Å². The molecule has 0 unspecified atom stereocenters. The zero-order chi connectivity index (χ0) is 13.3. The molecule has 0 bridgehead atoms. The molecule has 1 aromatic carbocycles. The Morgan fingerprint density at radius 3 is 2.67 bits per heavy atom. The number of nitrogens with one attached hydrogen (secondary N) is 1. The van der Waals surface area contributed by atoms with E-state index in [0.29, 0.717) is 16.7 Å². The number of hydrogen-bond donors (Lipinski definition) is 1. The van der Waals surface area contributed by atoms with E-state index in [-0.39, 0.29) is 17.9 Å². The van der Waals surface area contributed by atoms with Gasteiger partial charge in [0, 0.05) is 7.05 Å². The number of hydrogen-bond acceptors (Lipinski definition) is 4. The van der Waals surface area contributed by atoms with Crippen molar-refractivity contribution in [3.8, 4) is 5.75 Å². The fourth-order valence-electron chi connectivity index (χ4n) is 2.01. The van der Waals surface area contributed by atoms with Crippen molar-refractivity contribution in [2.24, 2.45) is 7.05 Å². The number of aryl methyl sites for hydroxylation is 1. The third-order valence-corrected chi connectivity index (χ3v) is 2.86. The lowest BCUT2D eigenvalue weighted by Crippen LogP contribution is -2.41. The highest BCUT2D eigenvalue weighted by Crippen LogP contribution is 2.20. The molecule has 18 heavy (non-hydrogen) atoms. The molecule has 2 rings (SSSR count). The van der Waals surface area contributed by atoms with Crippen molar-refractivity contribution >= 4 is 10.9 Å². The summed E-state index contributed by atoms with van der Waals surface area (Å²) in [6, 6.07) is 5.15. The van der Waals surface area contributed by atoms with E-state index in [1.54, 1.807) is 32.3 Å². The van der Waals surface area contributed by atoms with E-state index >= 15 is 0 Å². The summed E-state index contributed by atoms with van der Waals surface area (Å²) in [5, 5.41) is 3.27. The lowest BCUT2D eigenvalue weighted by molar-refractivity contribution is 0.416. The molecule has 1 N–H and O–H groups in total. The third-order valence-electron chi connectivity index (χ3n) is 2.86. The maximum absolute atomic E-state index is 12.2. The van der Waals surface area contributed by atoms with E-state index in [1.165, 1.54) is 11.7 Å². The minimum absolute atomic E-state index is 0.179. The molecule has 0 spiro atoms. The largest absolute Gasteiger partial charge is 0.495 e. The van der Waals surface area contributed by atoms with Gasteiger partial charge in [0.25, 0.3) is 5.56 Å². The number of nitrogens with zero attached hydrogens (tertiary/aromatic N) is 2. The third kappa shape index (κ3) is 1.70. The van der Waals surface area contributed by atoms with Crippen LogP contribution < -0.4 is 21.3 Å². The highest BCUT2D eigenvalue weighted by atomic mass is 16.5. The Balaban J connectivity index is 2.98. The zero-order valence-corrected chi connectivity index (χ0v) is 10.6. The number of para-hydroxylation sites is 1. The minimum atomic E-state index is -0.369. The van der Waals surface area contributed by atoms with Crippen molar-refractivity contribution in [2.75, 3.05) is 14.2 Å². The summed E-state index contributed by atoms with van der Waals surface area (Å²) < 4.78 is 7.77. The molecule has 0 atom stereocenters. The van der Waals surface area contributed by atoms with Gasteiger partial charge in [-0.3, -0.25) is 9.36 Å². The average molecular weight is 249 g/mol. The van der Waals surface area contributed by atoms with Crippen molar-refractivity contribution in [1.29, 1.82) is 0 Å². The second-order valence-corrected chi connectivity index (χ2v) is 3.94. The van der Waals surface area contributed by atoms with E-state index in [1.807, 2.05) is 0 Å². The van der Waals surface area contributed by atoms with Gasteiger partial charge in [-0.05, 0) is 19.2 Å². The van der Waals surface area contributed by atoms with E-state index in [9.17, 15) is 9.59 Å². The van der Waals surface area contributed by atoms with Crippen LogP contribution in [0.25, 0.3) is 10.9 Å². The van der Waals surface area contributed by atoms with Crippen LogP contribution in [0, 0.1) is 0 Å². The van der Waals surface area contributed by atoms with Crippen LogP contribution in [0.2, 0.25) is 0 Å². The van der Waals surface area contributed by atoms with Crippen molar-refractivity contribution < 1.29 is 4.74 Å². The molecule has 6 heteroatoms. The summed E-state index contributed by atoms with van der Waals surface area (Å²) in [6.07, 6.45) is 0. The molecule has 0 amide bonds. The molecule has 0 radical (unpaired) electrons. The molecular formula is C12H15N3O3. The Morgan fingerprint density at radius 2 is 2.06 bits per heavy atom. The molecule has 0 aliphatic carbocycles. The second kappa shape index (κ2) is 4.66. The van der Waals surface area contributed by atoms with Gasteiger partial charge in [-0.2, -0.15) is 0 Å². The van der Waals surface area contributed by atoms with Gasteiger partial charge in [0.15, 0.2) is 0 Å². The number of methoxy groups -OCH3 is 1. The Bertz CT molecular complexity index is 700. The Kier molecular flexibility index (Phi) is 3.20. The molecule has 0 saturated heterocycles. The van der Waals surface area contributed by atoms with Gasteiger partial charge >= 0.3 is 5.69 Å². The normalized spacial score (nSPS) is 10.8. The molecule has 0 aliphatic rings. The van der Waals surface area contributed by atoms with Gasteiger partial charge in [-0.25, -0.2) is 9.36 Å². The molecule has 0 aliphatic heterocycles. The SMILES string of the molecule is CNCn1c(=O)c2cccc(OC)c2n(C)c1=O. The number of ether oxygens (including phenoxy) is 1. The molecule has 1 aromatic heterocycles. The maximum atomic E-state index is 12.2. The van der Waals surface area contributed by atoms with Crippen LogP contribution in [-0.2, 0) is 13.7 Å². The molecule has 2 aromatic rings. The minimum Gasteiger partial charge on any atom is -0.495 e. The smallest absolute Gasteiger partial charge is 0.332 e. The van der Waals surface area contributed by atoms with Crippen molar-refractivity contribution in [2.45, 2.75) is 6.67 Å². The van der Waals surface area contributed by atoms with Crippen molar-refractivity contribution in [3.05, 3.63) is 39.0 Å². The first-order valence-corrected chi connectivity index (χ1v) is 5.53. The first-order valence-electron chi connectivity index (χ1n) is 5.53. The zero-order valence-electron chi connectivity index (χ0n) is 10.6. The number of fused-ring (bicyclic) bond motifs is 1. The maximum Gasteiger partial charge on any atom is 0.332 e. The fraction of sp³-hybridized carbons (Fsp3) is 0.333. The summed E-state index contributed by atoms with van der Waals surface area (Å²) in [4.78, 5) is 24.3. The molecule has 96 valence electrons. The molecular weight excluding hydrogens is 234 g/mol. The Morgan fingerprint density at radius 1 is 1.33 bits per heavy atom. The van der Waals surface area contributed by atoms with Crippen molar-refractivity contribution in [1.82, 2.24) is 14.5 Å². The van der Waals surface area contributed by atoms with Crippen LogP contribution in [-0.4, -0.2) is 23.3 Å². The lowest BCUT2D eigenvalue weighted by Gasteiger charge is -2.12. The molecule has 0 fully saturated rings. The van der Waals surface area contributed by atoms with Crippen molar-refractivity contribution in [3.63, 3.8) is 0 Å². The fourth-order valence-corrected chi connectivity index (χ4v) is 2.01. The van der Waals surface area contributed by atoms with E-state index in [4.69, 9.17) is 4.74 Å². The predicted molar refractivity (Wildman–Crippen MR) is 69.1 cm³/mol. The quantitative estimate of drug-likeness (QED) is 0.824. The van der Waals surface area contributed by atoms with Gasteiger partial charge in [0.05, 0.1) is 19.2 Å². The van der Waals surface area contributed by atoms with Gasteiger partial charge in [0.2, 0.25) is 0 Å². The topological polar surface area (TPSA) is 65.3 Å². The number of rotatable bonds is 3. The van der Waals surface area contributed by atoms with Crippen LogP contribution in [0.15, 0.2) is 27.8 Å².